The lowest BCUT2D eigenvalue weighted by Crippen LogP contribution is -2.35. The summed E-state index contributed by atoms with van der Waals surface area (Å²) in [6.45, 7) is 10.8. The molecule has 26 heavy (non-hydrogen) atoms. The van der Waals surface area contributed by atoms with Gasteiger partial charge in [-0.25, -0.2) is 4.98 Å². The number of hydrogen-bond acceptors (Lipinski definition) is 5. The summed E-state index contributed by atoms with van der Waals surface area (Å²) < 4.78 is 2.10. The zero-order valence-electron chi connectivity index (χ0n) is 15.9. The SMILES string of the molecule is Cc1nn(C(C)C)cc1CN(Cc1nccs1)C1CC12CCNCC2.Cl. The van der Waals surface area contributed by atoms with Crippen molar-refractivity contribution in [3.05, 3.63) is 34.0 Å². The first-order valence-electron chi connectivity index (χ1n) is 9.45. The van der Waals surface area contributed by atoms with E-state index >= 15 is 0 Å². The standard InChI is InChI=1S/C19H29N5S.ClH/c1-14(2)24-12-16(15(3)22-24)11-23(13-18-21-8-9-25-18)17-10-19(17)4-6-20-7-5-19;/h8-9,12,14,17,20H,4-7,10-11,13H2,1-3H3;1H. The highest BCUT2D eigenvalue weighted by molar-refractivity contribution is 7.09. The van der Waals surface area contributed by atoms with Crippen molar-refractivity contribution < 1.29 is 0 Å². The van der Waals surface area contributed by atoms with E-state index in [1.165, 1.54) is 42.9 Å². The largest absolute Gasteiger partial charge is 0.317 e. The molecular weight excluding hydrogens is 366 g/mol. The molecule has 0 bridgehead atoms. The number of aromatic nitrogens is 3. The molecule has 144 valence electrons. The highest BCUT2D eigenvalue weighted by atomic mass is 35.5. The van der Waals surface area contributed by atoms with Crippen molar-refractivity contribution in [3.8, 4) is 0 Å². The van der Waals surface area contributed by atoms with Crippen LogP contribution in [0.5, 0.6) is 0 Å². The third-order valence-electron chi connectivity index (χ3n) is 5.93. The Morgan fingerprint density at radius 3 is 2.73 bits per heavy atom. The molecule has 7 heteroatoms. The van der Waals surface area contributed by atoms with Crippen molar-refractivity contribution in [2.24, 2.45) is 5.41 Å². The summed E-state index contributed by atoms with van der Waals surface area (Å²) >= 11 is 1.77. The number of halogens is 1. The van der Waals surface area contributed by atoms with E-state index in [-0.39, 0.29) is 12.4 Å². The van der Waals surface area contributed by atoms with E-state index in [0.29, 0.717) is 17.5 Å². The summed E-state index contributed by atoms with van der Waals surface area (Å²) in [5, 5.41) is 11.5. The first-order valence-corrected chi connectivity index (χ1v) is 10.3. The number of piperidine rings is 1. The third kappa shape index (κ3) is 3.98. The van der Waals surface area contributed by atoms with Crippen LogP contribution in [0.2, 0.25) is 0 Å². The molecule has 2 aromatic rings. The Morgan fingerprint density at radius 1 is 1.35 bits per heavy atom. The van der Waals surface area contributed by atoms with Gasteiger partial charge in [-0.3, -0.25) is 9.58 Å². The van der Waals surface area contributed by atoms with Gasteiger partial charge in [-0.15, -0.1) is 23.7 Å². The Kier molecular flexibility index (Phi) is 6.07. The van der Waals surface area contributed by atoms with Crippen LogP contribution in [0.15, 0.2) is 17.8 Å². The summed E-state index contributed by atoms with van der Waals surface area (Å²) in [4.78, 5) is 7.21. The Balaban J connectivity index is 0.00000196. The van der Waals surface area contributed by atoms with Crippen molar-refractivity contribution in [2.45, 2.75) is 65.2 Å². The predicted octanol–water partition coefficient (Wildman–Crippen LogP) is 3.80. The summed E-state index contributed by atoms with van der Waals surface area (Å²) in [6.07, 6.45) is 8.14. The molecule has 1 unspecified atom stereocenters. The molecule has 0 radical (unpaired) electrons. The van der Waals surface area contributed by atoms with Crippen LogP contribution in [-0.4, -0.2) is 38.8 Å². The zero-order chi connectivity index (χ0) is 17.4. The lowest BCUT2D eigenvalue weighted by molar-refractivity contribution is 0.187. The number of rotatable bonds is 6. The number of aryl methyl sites for hydroxylation is 1. The highest BCUT2D eigenvalue weighted by Crippen LogP contribution is 2.56. The quantitative estimate of drug-likeness (QED) is 0.808. The van der Waals surface area contributed by atoms with Crippen LogP contribution in [0, 0.1) is 12.3 Å². The average Bonchev–Trinajstić information content (AvgIpc) is 2.95. The lowest BCUT2D eigenvalue weighted by Gasteiger charge is -2.29. The fraction of sp³-hybridized carbons (Fsp3) is 0.684. The van der Waals surface area contributed by atoms with Gasteiger partial charge in [0.05, 0.1) is 12.2 Å². The lowest BCUT2D eigenvalue weighted by atomic mass is 9.93. The van der Waals surface area contributed by atoms with Crippen molar-refractivity contribution in [3.63, 3.8) is 0 Å². The molecule has 0 amide bonds. The molecule has 1 saturated carbocycles. The Bertz CT molecular complexity index is 706. The number of thiazole rings is 1. The van der Waals surface area contributed by atoms with E-state index in [9.17, 15) is 0 Å². The normalized spacial score (nSPS) is 21.3. The number of nitrogens with zero attached hydrogens (tertiary/aromatic N) is 4. The van der Waals surface area contributed by atoms with Gasteiger partial charge in [-0.2, -0.15) is 5.10 Å². The molecule has 1 saturated heterocycles. The first-order chi connectivity index (χ1) is 12.1. The second-order valence-corrected chi connectivity index (χ2v) is 8.96. The Hall–Kier alpha value is -0.950. The van der Waals surface area contributed by atoms with E-state index in [1.807, 2.05) is 6.20 Å². The molecule has 5 nitrogen and oxygen atoms in total. The molecule has 1 aliphatic heterocycles. The van der Waals surface area contributed by atoms with Crippen molar-refractivity contribution in [2.75, 3.05) is 13.1 Å². The van der Waals surface area contributed by atoms with Crippen molar-refractivity contribution in [1.82, 2.24) is 25.0 Å². The maximum Gasteiger partial charge on any atom is 0.107 e. The van der Waals surface area contributed by atoms with E-state index in [4.69, 9.17) is 5.10 Å². The van der Waals surface area contributed by atoms with Gasteiger partial charge in [0.15, 0.2) is 0 Å². The van der Waals surface area contributed by atoms with E-state index < -0.39 is 0 Å². The fourth-order valence-corrected chi connectivity index (χ4v) is 4.88. The highest BCUT2D eigenvalue weighted by Gasteiger charge is 2.56. The van der Waals surface area contributed by atoms with Gasteiger partial charge < -0.3 is 5.32 Å². The smallest absolute Gasteiger partial charge is 0.107 e. The van der Waals surface area contributed by atoms with Crippen LogP contribution in [-0.2, 0) is 13.1 Å². The minimum Gasteiger partial charge on any atom is -0.317 e. The molecule has 1 atom stereocenters. The minimum atomic E-state index is 0. The number of nitrogens with one attached hydrogen (secondary N) is 1. The fourth-order valence-electron chi connectivity index (χ4n) is 4.24. The monoisotopic (exact) mass is 395 g/mol. The molecule has 1 aliphatic carbocycles. The molecule has 1 N–H and O–H groups in total. The zero-order valence-corrected chi connectivity index (χ0v) is 17.6. The predicted molar refractivity (Wildman–Crippen MR) is 109 cm³/mol. The van der Waals surface area contributed by atoms with Crippen molar-refractivity contribution in [1.29, 1.82) is 0 Å². The first kappa shape index (κ1) is 19.8. The maximum atomic E-state index is 4.71. The molecule has 2 aromatic heterocycles. The Morgan fingerprint density at radius 2 is 2.12 bits per heavy atom. The van der Waals surface area contributed by atoms with Crippen LogP contribution in [0.4, 0.5) is 0 Å². The van der Waals surface area contributed by atoms with Gasteiger partial charge in [-0.05, 0) is 58.5 Å². The van der Waals surface area contributed by atoms with E-state index in [2.05, 4.69) is 52.2 Å². The third-order valence-corrected chi connectivity index (χ3v) is 6.69. The topological polar surface area (TPSA) is 46.0 Å². The van der Waals surface area contributed by atoms with Gasteiger partial charge in [0.25, 0.3) is 0 Å². The van der Waals surface area contributed by atoms with Gasteiger partial charge in [0.2, 0.25) is 0 Å². The average molecular weight is 396 g/mol. The summed E-state index contributed by atoms with van der Waals surface area (Å²) in [5.41, 5.74) is 3.07. The van der Waals surface area contributed by atoms with Gasteiger partial charge >= 0.3 is 0 Å². The summed E-state index contributed by atoms with van der Waals surface area (Å²) in [7, 11) is 0. The van der Waals surface area contributed by atoms with Crippen LogP contribution >= 0.6 is 23.7 Å². The molecule has 4 rings (SSSR count). The molecule has 0 aromatic carbocycles. The molecule has 2 fully saturated rings. The molecule has 2 aliphatic rings. The van der Waals surface area contributed by atoms with Crippen LogP contribution in [0.1, 0.15) is 55.4 Å². The van der Waals surface area contributed by atoms with Crippen LogP contribution in [0.3, 0.4) is 0 Å². The van der Waals surface area contributed by atoms with E-state index in [0.717, 1.165) is 18.8 Å². The minimum absolute atomic E-state index is 0. The summed E-state index contributed by atoms with van der Waals surface area (Å²) in [6, 6.07) is 1.11. The maximum absolute atomic E-state index is 4.71. The van der Waals surface area contributed by atoms with Crippen molar-refractivity contribution >= 4 is 23.7 Å². The van der Waals surface area contributed by atoms with Gasteiger partial charge in [-0.1, -0.05) is 0 Å². The number of hydrogen-bond donors (Lipinski definition) is 1. The van der Waals surface area contributed by atoms with Gasteiger partial charge in [0, 0.05) is 42.0 Å². The Labute approximate surface area is 166 Å². The second-order valence-electron chi connectivity index (χ2n) is 7.98. The molecule has 3 heterocycles. The summed E-state index contributed by atoms with van der Waals surface area (Å²) in [5.74, 6) is 0. The van der Waals surface area contributed by atoms with E-state index in [1.54, 1.807) is 11.3 Å². The molecule has 1 spiro atoms. The molecular formula is C19H30ClN5S. The second kappa shape index (κ2) is 7.97. The van der Waals surface area contributed by atoms with Crippen LogP contribution < -0.4 is 5.32 Å². The van der Waals surface area contributed by atoms with Crippen LogP contribution in [0.25, 0.3) is 0 Å². The van der Waals surface area contributed by atoms with Gasteiger partial charge in [0.1, 0.15) is 5.01 Å².